The Kier molecular flexibility index (Phi) is 6.48. The van der Waals surface area contributed by atoms with Crippen LogP contribution in [0.15, 0.2) is 23.6 Å². The molecule has 2 fully saturated rings. The Morgan fingerprint density at radius 1 is 1.31 bits per heavy atom. The van der Waals surface area contributed by atoms with Gasteiger partial charge in [-0.05, 0) is 31.7 Å². The fraction of sp³-hybridized carbons (Fsp3) is 0.667. The average molecular weight is 378 g/mol. The first kappa shape index (κ1) is 19.1. The van der Waals surface area contributed by atoms with E-state index in [2.05, 4.69) is 9.97 Å². The molecule has 142 valence electrons. The summed E-state index contributed by atoms with van der Waals surface area (Å²) >= 11 is 1.34. The van der Waals surface area contributed by atoms with Gasteiger partial charge in [-0.15, -0.1) is 0 Å². The molecule has 0 saturated carbocycles. The Morgan fingerprint density at radius 2 is 2.12 bits per heavy atom. The molecule has 2 aliphatic rings. The van der Waals surface area contributed by atoms with Crippen LogP contribution in [0.1, 0.15) is 25.7 Å². The third-order valence-corrected chi connectivity index (χ3v) is 6.03. The maximum absolute atomic E-state index is 13.0. The highest BCUT2D eigenvalue weighted by Gasteiger charge is 2.49. The van der Waals surface area contributed by atoms with Crippen LogP contribution in [-0.4, -0.2) is 77.2 Å². The molecule has 2 saturated heterocycles. The van der Waals surface area contributed by atoms with Crippen LogP contribution in [0.4, 0.5) is 0 Å². The van der Waals surface area contributed by atoms with E-state index in [0.29, 0.717) is 30.6 Å². The van der Waals surface area contributed by atoms with E-state index < -0.39 is 0 Å². The summed E-state index contributed by atoms with van der Waals surface area (Å²) in [5, 5.41) is 0.604. The van der Waals surface area contributed by atoms with Crippen molar-refractivity contribution in [2.24, 2.45) is 5.41 Å². The molecule has 0 unspecified atom stereocenters. The molecule has 2 aliphatic heterocycles. The molecular weight excluding hydrogens is 352 g/mol. The monoisotopic (exact) mass is 378 g/mol. The molecule has 0 N–H and O–H groups in total. The molecule has 7 nitrogen and oxygen atoms in total. The Balaban J connectivity index is 1.54. The zero-order valence-electron chi connectivity index (χ0n) is 15.2. The molecule has 1 atom stereocenters. The van der Waals surface area contributed by atoms with Crippen molar-refractivity contribution in [2.75, 3.05) is 45.6 Å². The highest BCUT2D eigenvalue weighted by atomic mass is 32.2. The lowest BCUT2D eigenvalue weighted by atomic mass is 9.78. The van der Waals surface area contributed by atoms with Gasteiger partial charge >= 0.3 is 0 Å². The number of piperidine rings is 1. The van der Waals surface area contributed by atoms with Gasteiger partial charge in [-0.1, -0.05) is 11.8 Å². The summed E-state index contributed by atoms with van der Waals surface area (Å²) in [6.07, 6.45) is 6.85. The number of carbonyl (C=O) groups is 2. The summed E-state index contributed by atoms with van der Waals surface area (Å²) in [6, 6.07) is 1.75. The molecule has 0 aromatic carbocycles. The number of hydrogen-bond acceptors (Lipinski definition) is 6. The lowest BCUT2D eigenvalue weighted by Crippen LogP contribution is -2.50. The Hall–Kier alpha value is -1.67. The normalized spacial score (nSPS) is 23.0. The van der Waals surface area contributed by atoms with Crippen molar-refractivity contribution in [1.29, 1.82) is 0 Å². The Morgan fingerprint density at radius 3 is 2.88 bits per heavy atom. The molecule has 26 heavy (non-hydrogen) atoms. The smallest absolute Gasteiger partial charge is 0.233 e. The number of thioether (sulfide) groups is 1. The van der Waals surface area contributed by atoms with Crippen molar-refractivity contribution in [3.8, 4) is 0 Å². The predicted octanol–water partition coefficient (Wildman–Crippen LogP) is 1.45. The summed E-state index contributed by atoms with van der Waals surface area (Å²) in [7, 11) is 1.68. The molecule has 0 bridgehead atoms. The van der Waals surface area contributed by atoms with Crippen LogP contribution >= 0.6 is 11.8 Å². The van der Waals surface area contributed by atoms with Gasteiger partial charge in [-0.3, -0.25) is 9.59 Å². The summed E-state index contributed by atoms with van der Waals surface area (Å²) in [6.45, 7) is 3.43. The lowest BCUT2D eigenvalue weighted by Gasteiger charge is -2.39. The second kappa shape index (κ2) is 8.81. The van der Waals surface area contributed by atoms with E-state index in [1.807, 2.05) is 9.80 Å². The summed E-state index contributed by atoms with van der Waals surface area (Å²) in [5.74, 6) is 0.587. The maximum Gasteiger partial charge on any atom is 0.233 e. The minimum atomic E-state index is -0.380. The fourth-order valence-corrected chi connectivity index (χ4v) is 4.51. The fourth-order valence-electron chi connectivity index (χ4n) is 3.81. The van der Waals surface area contributed by atoms with Gasteiger partial charge in [0.15, 0.2) is 5.16 Å². The maximum atomic E-state index is 13.0. The van der Waals surface area contributed by atoms with Crippen LogP contribution in [0.25, 0.3) is 0 Å². The van der Waals surface area contributed by atoms with Gasteiger partial charge in [-0.2, -0.15) is 0 Å². The Bertz CT molecular complexity index is 630. The standard InChI is InChI=1S/C18H26N4O3S/c1-25-12-4-10-21-9-2-5-18(16(21)24)6-11-22(14-18)15(23)13-26-17-19-7-3-8-20-17/h3,7-8H,2,4-6,9-14H2,1H3/t18-/m0/s1. The Labute approximate surface area is 158 Å². The predicted molar refractivity (Wildman–Crippen MR) is 98.7 cm³/mol. The second-order valence-corrected chi connectivity index (χ2v) is 7.85. The van der Waals surface area contributed by atoms with E-state index in [1.165, 1.54) is 11.8 Å². The SMILES string of the molecule is COCCCN1CCC[C@@]2(CCN(C(=O)CSc3ncccn3)C2)C1=O. The van der Waals surface area contributed by atoms with E-state index in [0.717, 1.165) is 38.8 Å². The van der Waals surface area contributed by atoms with Crippen molar-refractivity contribution in [3.63, 3.8) is 0 Å². The summed E-state index contributed by atoms with van der Waals surface area (Å²) in [4.78, 5) is 37.6. The summed E-state index contributed by atoms with van der Waals surface area (Å²) in [5.41, 5.74) is -0.380. The molecule has 1 aromatic rings. The number of rotatable bonds is 7. The quantitative estimate of drug-likeness (QED) is 0.406. The van der Waals surface area contributed by atoms with Crippen LogP contribution < -0.4 is 0 Å². The van der Waals surface area contributed by atoms with Crippen LogP contribution in [0.5, 0.6) is 0 Å². The third-order valence-electron chi connectivity index (χ3n) is 5.17. The van der Waals surface area contributed by atoms with Crippen molar-refractivity contribution in [2.45, 2.75) is 30.8 Å². The number of hydrogen-bond donors (Lipinski definition) is 0. The number of nitrogens with zero attached hydrogens (tertiary/aromatic N) is 4. The van der Waals surface area contributed by atoms with Gasteiger partial charge in [0.1, 0.15) is 0 Å². The number of amides is 2. The molecule has 3 heterocycles. The van der Waals surface area contributed by atoms with E-state index in [4.69, 9.17) is 4.74 Å². The number of likely N-dealkylation sites (tertiary alicyclic amines) is 2. The molecule has 8 heteroatoms. The average Bonchev–Trinajstić information content (AvgIpc) is 3.09. The van der Waals surface area contributed by atoms with Gasteiger partial charge in [0.2, 0.25) is 11.8 Å². The van der Waals surface area contributed by atoms with E-state index in [1.54, 1.807) is 25.6 Å². The molecule has 1 aromatic heterocycles. The zero-order chi connectivity index (χ0) is 18.4. The number of carbonyl (C=O) groups excluding carboxylic acids is 2. The van der Waals surface area contributed by atoms with Crippen molar-refractivity contribution >= 4 is 23.6 Å². The molecule has 2 amide bonds. The largest absolute Gasteiger partial charge is 0.385 e. The molecule has 3 rings (SSSR count). The zero-order valence-corrected chi connectivity index (χ0v) is 16.0. The van der Waals surface area contributed by atoms with Crippen molar-refractivity contribution in [3.05, 3.63) is 18.5 Å². The van der Waals surface area contributed by atoms with Crippen LogP contribution in [0, 0.1) is 5.41 Å². The molecule has 0 radical (unpaired) electrons. The first-order valence-corrected chi connectivity index (χ1v) is 10.1. The molecular formula is C18H26N4O3S. The lowest BCUT2D eigenvalue weighted by molar-refractivity contribution is -0.146. The van der Waals surface area contributed by atoms with E-state index in [9.17, 15) is 9.59 Å². The van der Waals surface area contributed by atoms with Gasteiger partial charge in [0.25, 0.3) is 0 Å². The van der Waals surface area contributed by atoms with Crippen LogP contribution in [-0.2, 0) is 14.3 Å². The van der Waals surface area contributed by atoms with Gasteiger partial charge in [-0.25, -0.2) is 9.97 Å². The van der Waals surface area contributed by atoms with Crippen molar-refractivity contribution in [1.82, 2.24) is 19.8 Å². The first-order valence-electron chi connectivity index (χ1n) is 9.10. The highest BCUT2D eigenvalue weighted by molar-refractivity contribution is 7.99. The number of aromatic nitrogens is 2. The minimum Gasteiger partial charge on any atom is -0.385 e. The number of ether oxygens (including phenoxy) is 1. The van der Waals surface area contributed by atoms with E-state index in [-0.39, 0.29) is 17.2 Å². The van der Waals surface area contributed by atoms with Crippen LogP contribution in [0.3, 0.4) is 0 Å². The number of methoxy groups -OCH3 is 1. The molecule has 0 aliphatic carbocycles. The second-order valence-electron chi connectivity index (χ2n) is 6.91. The van der Waals surface area contributed by atoms with Crippen molar-refractivity contribution < 1.29 is 14.3 Å². The molecule has 1 spiro atoms. The highest BCUT2D eigenvalue weighted by Crippen LogP contribution is 2.40. The van der Waals surface area contributed by atoms with Gasteiger partial charge in [0.05, 0.1) is 11.2 Å². The van der Waals surface area contributed by atoms with Gasteiger partial charge in [0, 0.05) is 52.3 Å². The first-order chi connectivity index (χ1) is 12.6. The summed E-state index contributed by atoms with van der Waals surface area (Å²) < 4.78 is 5.09. The van der Waals surface area contributed by atoms with Crippen LogP contribution in [0.2, 0.25) is 0 Å². The topological polar surface area (TPSA) is 75.6 Å². The minimum absolute atomic E-state index is 0.0589. The van der Waals surface area contributed by atoms with E-state index >= 15 is 0 Å². The third kappa shape index (κ3) is 4.35. The van der Waals surface area contributed by atoms with Gasteiger partial charge < -0.3 is 14.5 Å².